The van der Waals surface area contributed by atoms with Gasteiger partial charge in [0.25, 0.3) is 5.91 Å². The molecule has 0 aromatic carbocycles. The van der Waals surface area contributed by atoms with Gasteiger partial charge in [0.05, 0.1) is 12.0 Å². The third-order valence-corrected chi connectivity index (χ3v) is 4.10. The summed E-state index contributed by atoms with van der Waals surface area (Å²) in [6.07, 6.45) is 1.31. The Kier molecular flexibility index (Phi) is 3.86. The van der Waals surface area contributed by atoms with Gasteiger partial charge in [-0.05, 0) is 12.8 Å². The van der Waals surface area contributed by atoms with Gasteiger partial charge in [-0.25, -0.2) is 0 Å². The maximum absolute atomic E-state index is 12.2. The zero-order valence-corrected chi connectivity index (χ0v) is 11.0. The molecule has 98 valence electrons. The lowest BCUT2D eigenvalue weighted by molar-refractivity contribution is -0.123. The van der Waals surface area contributed by atoms with Gasteiger partial charge in [0.15, 0.2) is 0 Å². The van der Waals surface area contributed by atoms with E-state index in [1.165, 1.54) is 11.3 Å². The summed E-state index contributed by atoms with van der Waals surface area (Å²) in [5.74, 6) is 0.355. The monoisotopic (exact) mass is 268 g/mol. The molecular weight excluding hydrogens is 252 g/mol. The number of primary amides is 1. The molecule has 0 atom stereocenters. The van der Waals surface area contributed by atoms with Crippen LogP contribution in [0.1, 0.15) is 22.5 Å². The molecule has 1 aromatic rings. The van der Waals surface area contributed by atoms with Crippen LogP contribution in [0.4, 0.5) is 0 Å². The molecule has 6 heteroatoms. The van der Waals surface area contributed by atoms with Crippen molar-refractivity contribution in [3.63, 3.8) is 0 Å². The first-order valence-corrected chi connectivity index (χ1v) is 6.71. The first-order chi connectivity index (χ1) is 8.61. The molecular formula is C12H16N2O3S. The Morgan fingerprint density at radius 3 is 2.61 bits per heavy atom. The summed E-state index contributed by atoms with van der Waals surface area (Å²) in [5.41, 5.74) is 5.26. The van der Waals surface area contributed by atoms with E-state index in [1.54, 1.807) is 18.1 Å². The van der Waals surface area contributed by atoms with Gasteiger partial charge in [-0.1, -0.05) is 0 Å². The molecule has 0 unspecified atom stereocenters. The minimum absolute atomic E-state index is 0.00576. The van der Waals surface area contributed by atoms with E-state index in [0.29, 0.717) is 36.6 Å². The van der Waals surface area contributed by atoms with Crippen LogP contribution in [0.5, 0.6) is 5.75 Å². The summed E-state index contributed by atoms with van der Waals surface area (Å²) >= 11 is 1.38. The van der Waals surface area contributed by atoms with Crippen molar-refractivity contribution in [2.45, 2.75) is 12.8 Å². The molecule has 0 saturated carbocycles. The van der Waals surface area contributed by atoms with Crippen LogP contribution in [0.25, 0.3) is 0 Å². The van der Waals surface area contributed by atoms with Crippen LogP contribution in [0.3, 0.4) is 0 Å². The van der Waals surface area contributed by atoms with Crippen molar-refractivity contribution in [1.82, 2.24) is 4.90 Å². The Morgan fingerprint density at radius 1 is 1.44 bits per heavy atom. The van der Waals surface area contributed by atoms with Crippen molar-refractivity contribution < 1.29 is 14.3 Å². The smallest absolute Gasteiger partial charge is 0.264 e. The molecule has 2 rings (SSSR count). The average molecular weight is 268 g/mol. The molecule has 5 nitrogen and oxygen atoms in total. The highest BCUT2D eigenvalue weighted by atomic mass is 32.1. The van der Waals surface area contributed by atoms with E-state index in [4.69, 9.17) is 10.5 Å². The number of hydrogen-bond donors (Lipinski definition) is 1. The predicted octanol–water partition coefficient (Wildman–Crippen LogP) is 1.09. The van der Waals surface area contributed by atoms with Gasteiger partial charge >= 0.3 is 0 Å². The molecule has 2 amide bonds. The lowest BCUT2D eigenvalue weighted by atomic mass is 9.96. The van der Waals surface area contributed by atoms with Crippen molar-refractivity contribution >= 4 is 23.2 Å². The highest BCUT2D eigenvalue weighted by Crippen LogP contribution is 2.25. The van der Waals surface area contributed by atoms with E-state index in [9.17, 15) is 9.59 Å². The van der Waals surface area contributed by atoms with Crippen LogP contribution in [-0.4, -0.2) is 36.9 Å². The van der Waals surface area contributed by atoms with Gasteiger partial charge in [0.1, 0.15) is 5.75 Å². The number of ether oxygens (including phenoxy) is 1. The number of carbonyl (C=O) groups excluding carboxylic acids is 2. The molecule has 2 N–H and O–H groups in total. The van der Waals surface area contributed by atoms with E-state index < -0.39 is 0 Å². The number of methoxy groups -OCH3 is 1. The summed E-state index contributed by atoms with van der Waals surface area (Å²) in [6, 6.07) is 1.74. The first-order valence-electron chi connectivity index (χ1n) is 5.83. The maximum Gasteiger partial charge on any atom is 0.264 e. The largest absolute Gasteiger partial charge is 0.496 e. The number of nitrogens with two attached hydrogens (primary N) is 1. The van der Waals surface area contributed by atoms with Gasteiger partial charge in [0.2, 0.25) is 5.91 Å². The van der Waals surface area contributed by atoms with E-state index in [1.807, 2.05) is 5.38 Å². The zero-order valence-electron chi connectivity index (χ0n) is 10.2. The highest BCUT2D eigenvalue weighted by Gasteiger charge is 2.27. The van der Waals surface area contributed by atoms with Crippen molar-refractivity contribution in [3.8, 4) is 5.75 Å². The van der Waals surface area contributed by atoms with Crippen LogP contribution in [0, 0.1) is 5.92 Å². The third-order valence-electron chi connectivity index (χ3n) is 3.21. The number of carbonyl (C=O) groups is 2. The Labute approximate surface area is 110 Å². The van der Waals surface area contributed by atoms with E-state index in [0.717, 1.165) is 0 Å². The normalized spacial score (nSPS) is 16.6. The lowest BCUT2D eigenvalue weighted by Crippen LogP contribution is -2.41. The topological polar surface area (TPSA) is 72.6 Å². The lowest BCUT2D eigenvalue weighted by Gasteiger charge is -2.30. The summed E-state index contributed by atoms with van der Waals surface area (Å²) in [7, 11) is 1.58. The third kappa shape index (κ3) is 2.64. The molecule has 1 aliphatic heterocycles. The summed E-state index contributed by atoms with van der Waals surface area (Å²) < 4.78 is 5.06. The molecule has 0 spiro atoms. The number of nitrogens with zero attached hydrogens (tertiary/aromatic N) is 1. The molecule has 1 aromatic heterocycles. The standard InChI is InChI=1S/C12H16N2O3S/c1-17-9-6-10(18-7-9)12(16)14-4-2-8(3-5-14)11(13)15/h6-8H,2-5H2,1H3,(H2,13,15). The fourth-order valence-electron chi connectivity index (χ4n) is 2.06. The molecule has 1 fully saturated rings. The fraction of sp³-hybridized carbons (Fsp3) is 0.500. The van der Waals surface area contributed by atoms with Gasteiger partial charge < -0.3 is 15.4 Å². The number of likely N-dealkylation sites (tertiary alicyclic amines) is 1. The van der Waals surface area contributed by atoms with Gasteiger partial charge in [0, 0.05) is 30.5 Å². The number of piperidine rings is 1. The maximum atomic E-state index is 12.2. The van der Waals surface area contributed by atoms with Crippen molar-refractivity contribution in [2.24, 2.45) is 11.7 Å². The van der Waals surface area contributed by atoms with Gasteiger partial charge in [-0.15, -0.1) is 11.3 Å². The Hall–Kier alpha value is -1.56. The molecule has 1 saturated heterocycles. The van der Waals surface area contributed by atoms with E-state index >= 15 is 0 Å². The number of amides is 2. The van der Waals surface area contributed by atoms with E-state index in [-0.39, 0.29) is 17.7 Å². The minimum atomic E-state index is -0.264. The molecule has 0 radical (unpaired) electrons. The van der Waals surface area contributed by atoms with Crippen LogP contribution < -0.4 is 10.5 Å². The Morgan fingerprint density at radius 2 is 2.11 bits per heavy atom. The second-order valence-corrected chi connectivity index (χ2v) is 5.23. The number of thiophene rings is 1. The Balaban J connectivity index is 1.97. The quantitative estimate of drug-likeness (QED) is 0.892. The molecule has 2 heterocycles. The minimum Gasteiger partial charge on any atom is -0.496 e. The fourth-order valence-corrected chi connectivity index (χ4v) is 2.88. The Bertz CT molecular complexity index is 450. The first kappa shape index (κ1) is 12.9. The molecule has 0 aliphatic carbocycles. The van der Waals surface area contributed by atoms with Gasteiger partial charge in [-0.2, -0.15) is 0 Å². The van der Waals surface area contributed by atoms with Crippen LogP contribution in [-0.2, 0) is 4.79 Å². The highest BCUT2D eigenvalue weighted by molar-refractivity contribution is 7.12. The van der Waals surface area contributed by atoms with Gasteiger partial charge in [-0.3, -0.25) is 9.59 Å². The SMILES string of the molecule is COc1csc(C(=O)N2CCC(C(N)=O)CC2)c1. The second-order valence-electron chi connectivity index (χ2n) is 4.32. The summed E-state index contributed by atoms with van der Waals surface area (Å²) in [6.45, 7) is 1.18. The second kappa shape index (κ2) is 5.39. The van der Waals surface area contributed by atoms with Crippen molar-refractivity contribution in [2.75, 3.05) is 20.2 Å². The van der Waals surface area contributed by atoms with Crippen LogP contribution in [0.2, 0.25) is 0 Å². The number of rotatable bonds is 3. The van der Waals surface area contributed by atoms with Crippen LogP contribution >= 0.6 is 11.3 Å². The van der Waals surface area contributed by atoms with E-state index in [2.05, 4.69) is 0 Å². The summed E-state index contributed by atoms with van der Waals surface area (Å²) in [5, 5.41) is 1.81. The summed E-state index contributed by atoms with van der Waals surface area (Å²) in [4.78, 5) is 25.7. The molecule has 1 aliphatic rings. The number of hydrogen-bond acceptors (Lipinski definition) is 4. The molecule has 0 bridgehead atoms. The molecule has 18 heavy (non-hydrogen) atoms. The van der Waals surface area contributed by atoms with Crippen molar-refractivity contribution in [1.29, 1.82) is 0 Å². The zero-order chi connectivity index (χ0) is 13.1. The van der Waals surface area contributed by atoms with Crippen LogP contribution in [0.15, 0.2) is 11.4 Å². The predicted molar refractivity (Wildman–Crippen MR) is 68.7 cm³/mol. The average Bonchev–Trinajstić information content (AvgIpc) is 2.86. The van der Waals surface area contributed by atoms with Crippen molar-refractivity contribution in [3.05, 3.63) is 16.3 Å².